The van der Waals surface area contributed by atoms with Crippen molar-refractivity contribution in [3.8, 4) is 0 Å². The zero-order valence-electron chi connectivity index (χ0n) is 6.73. The number of aromatic nitrogens is 3. The Morgan fingerprint density at radius 1 is 1.55 bits per heavy atom. The Kier molecular flexibility index (Phi) is 2.60. The second kappa shape index (κ2) is 3.71. The van der Waals surface area contributed by atoms with Gasteiger partial charge in [0.15, 0.2) is 0 Å². The van der Waals surface area contributed by atoms with E-state index in [1.165, 1.54) is 6.33 Å². The summed E-state index contributed by atoms with van der Waals surface area (Å²) in [7, 11) is 0. The zero-order valence-corrected chi connectivity index (χ0v) is 6.73. The van der Waals surface area contributed by atoms with Gasteiger partial charge in [0.1, 0.15) is 12.7 Å². The molecule has 0 radical (unpaired) electrons. The van der Waals surface area contributed by atoms with E-state index in [0.29, 0.717) is 0 Å². The first-order valence-electron chi connectivity index (χ1n) is 3.49. The minimum Gasteiger partial charge on any atom is -0.225 e. The summed E-state index contributed by atoms with van der Waals surface area (Å²) >= 11 is 0. The maximum absolute atomic E-state index is 3.97. The van der Waals surface area contributed by atoms with E-state index >= 15 is 0 Å². The van der Waals surface area contributed by atoms with Crippen LogP contribution in [0.25, 0.3) is 5.70 Å². The van der Waals surface area contributed by atoms with Crippen molar-refractivity contribution in [1.82, 2.24) is 14.8 Å². The third-order valence-electron chi connectivity index (χ3n) is 1.31. The third-order valence-corrected chi connectivity index (χ3v) is 1.31. The van der Waals surface area contributed by atoms with Gasteiger partial charge in [0.05, 0.1) is 0 Å². The molecule has 1 aromatic heterocycles. The SMILES string of the molecule is C/C=C\C=C(/C)n1cncn1. The molecule has 0 aliphatic heterocycles. The Balaban J connectivity index is 2.77. The summed E-state index contributed by atoms with van der Waals surface area (Å²) in [5.74, 6) is 0. The minimum atomic E-state index is 1.06. The lowest BCUT2D eigenvalue weighted by molar-refractivity contribution is 0.894. The summed E-state index contributed by atoms with van der Waals surface area (Å²) in [5, 5.41) is 3.97. The summed E-state index contributed by atoms with van der Waals surface area (Å²) < 4.78 is 1.72. The molecule has 0 aromatic carbocycles. The molecule has 1 heterocycles. The Morgan fingerprint density at radius 2 is 2.36 bits per heavy atom. The highest BCUT2D eigenvalue weighted by molar-refractivity contribution is 5.43. The maximum atomic E-state index is 3.97. The van der Waals surface area contributed by atoms with Gasteiger partial charge < -0.3 is 0 Å². The second-order valence-corrected chi connectivity index (χ2v) is 2.17. The largest absolute Gasteiger partial charge is 0.225 e. The Hall–Kier alpha value is -1.38. The molecule has 0 aliphatic rings. The van der Waals surface area contributed by atoms with Crippen LogP contribution in [0.15, 0.2) is 30.9 Å². The van der Waals surface area contributed by atoms with E-state index in [1.54, 1.807) is 11.0 Å². The molecule has 0 saturated heterocycles. The molecular weight excluding hydrogens is 138 g/mol. The lowest BCUT2D eigenvalue weighted by Gasteiger charge is -1.95. The maximum Gasteiger partial charge on any atom is 0.138 e. The van der Waals surface area contributed by atoms with Crippen LogP contribution in [-0.2, 0) is 0 Å². The van der Waals surface area contributed by atoms with Gasteiger partial charge in [-0.3, -0.25) is 0 Å². The Labute approximate surface area is 66.1 Å². The second-order valence-electron chi connectivity index (χ2n) is 2.17. The molecule has 11 heavy (non-hydrogen) atoms. The van der Waals surface area contributed by atoms with Gasteiger partial charge in [0.2, 0.25) is 0 Å². The van der Waals surface area contributed by atoms with E-state index in [0.717, 1.165) is 5.70 Å². The zero-order chi connectivity index (χ0) is 8.10. The van der Waals surface area contributed by atoms with Crippen LogP contribution >= 0.6 is 0 Å². The van der Waals surface area contributed by atoms with Crippen LogP contribution in [-0.4, -0.2) is 14.8 Å². The average molecular weight is 149 g/mol. The molecule has 1 aromatic rings. The van der Waals surface area contributed by atoms with Crippen LogP contribution in [0.5, 0.6) is 0 Å². The number of hydrogen-bond acceptors (Lipinski definition) is 2. The van der Waals surface area contributed by atoms with E-state index < -0.39 is 0 Å². The first-order chi connectivity index (χ1) is 5.34. The normalized spacial score (nSPS) is 12.7. The minimum absolute atomic E-state index is 1.06. The molecule has 0 unspecified atom stereocenters. The van der Waals surface area contributed by atoms with Gasteiger partial charge in [-0.1, -0.05) is 12.2 Å². The van der Waals surface area contributed by atoms with Crippen molar-refractivity contribution in [3.05, 3.63) is 30.9 Å². The first kappa shape index (κ1) is 7.72. The number of rotatable bonds is 2. The van der Waals surface area contributed by atoms with Gasteiger partial charge in [0, 0.05) is 5.70 Å². The summed E-state index contributed by atoms with van der Waals surface area (Å²) in [6.07, 6.45) is 9.12. The van der Waals surface area contributed by atoms with Crippen molar-refractivity contribution in [2.75, 3.05) is 0 Å². The molecule has 0 amide bonds. The molecule has 0 spiro atoms. The van der Waals surface area contributed by atoms with Gasteiger partial charge in [-0.25, -0.2) is 9.67 Å². The molecule has 58 valence electrons. The van der Waals surface area contributed by atoms with E-state index in [1.807, 2.05) is 32.1 Å². The predicted octanol–water partition coefficient (Wildman–Crippen LogP) is 1.72. The van der Waals surface area contributed by atoms with E-state index in [-0.39, 0.29) is 0 Å². The molecular formula is C8H11N3. The van der Waals surface area contributed by atoms with E-state index in [2.05, 4.69) is 10.1 Å². The van der Waals surface area contributed by atoms with Gasteiger partial charge in [0.25, 0.3) is 0 Å². The van der Waals surface area contributed by atoms with Crippen LogP contribution < -0.4 is 0 Å². The van der Waals surface area contributed by atoms with E-state index in [9.17, 15) is 0 Å². The van der Waals surface area contributed by atoms with Crippen LogP contribution in [0.3, 0.4) is 0 Å². The van der Waals surface area contributed by atoms with E-state index in [4.69, 9.17) is 0 Å². The fraction of sp³-hybridized carbons (Fsp3) is 0.250. The van der Waals surface area contributed by atoms with Crippen LogP contribution in [0.2, 0.25) is 0 Å². The highest BCUT2D eigenvalue weighted by atomic mass is 15.3. The van der Waals surface area contributed by atoms with Crippen molar-refractivity contribution in [1.29, 1.82) is 0 Å². The molecule has 3 heteroatoms. The van der Waals surface area contributed by atoms with Crippen LogP contribution in [0.4, 0.5) is 0 Å². The number of hydrogen-bond donors (Lipinski definition) is 0. The smallest absolute Gasteiger partial charge is 0.138 e. The molecule has 0 saturated carbocycles. The third kappa shape index (κ3) is 2.04. The fourth-order valence-electron chi connectivity index (χ4n) is 0.702. The average Bonchev–Trinajstić information content (AvgIpc) is 2.52. The van der Waals surface area contributed by atoms with Crippen molar-refractivity contribution in [3.63, 3.8) is 0 Å². The quantitative estimate of drug-likeness (QED) is 0.599. The van der Waals surface area contributed by atoms with Crippen LogP contribution in [0, 0.1) is 0 Å². The number of allylic oxidation sites excluding steroid dienone is 4. The lowest BCUT2D eigenvalue weighted by atomic mass is 10.4. The summed E-state index contributed by atoms with van der Waals surface area (Å²) in [6, 6.07) is 0. The van der Waals surface area contributed by atoms with Crippen molar-refractivity contribution in [2.24, 2.45) is 0 Å². The highest BCUT2D eigenvalue weighted by Crippen LogP contribution is 1.98. The topological polar surface area (TPSA) is 30.7 Å². The number of nitrogens with zero attached hydrogens (tertiary/aromatic N) is 3. The first-order valence-corrected chi connectivity index (χ1v) is 3.49. The summed E-state index contributed by atoms with van der Waals surface area (Å²) in [4.78, 5) is 3.84. The molecule has 0 aliphatic carbocycles. The van der Waals surface area contributed by atoms with Gasteiger partial charge >= 0.3 is 0 Å². The predicted molar refractivity (Wildman–Crippen MR) is 44.8 cm³/mol. The van der Waals surface area contributed by atoms with Crippen molar-refractivity contribution in [2.45, 2.75) is 13.8 Å². The molecule has 0 fully saturated rings. The summed E-state index contributed by atoms with van der Waals surface area (Å²) in [6.45, 7) is 3.96. The fourth-order valence-corrected chi connectivity index (χ4v) is 0.702. The van der Waals surface area contributed by atoms with Crippen molar-refractivity contribution >= 4 is 5.70 Å². The molecule has 0 bridgehead atoms. The Bertz CT molecular complexity index is 257. The lowest BCUT2D eigenvalue weighted by Crippen LogP contribution is -1.92. The monoisotopic (exact) mass is 149 g/mol. The standard InChI is InChI=1S/C8H11N3/c1-3-4-5-8(2)11-7-9-6-10-11/h3-7H,1-2H3/b4-3-,8-5+. The highest BCUT2D eigenvalue weighted by Gasteiger charge is 1.89. The van der Waals surface area contributed by atoms with Gasteiger partial charge in [-0.05, 0) is 19.9 Å². The van der Waals surface area contributed by atoms with Gasteiger partial charge in [-0.15, -0.1) is 0 Å². The van der Waals surface area contributed by atoms with Gasteiger partial charge in [-0.2, -0.15) is 5.10 Å². The molecule has 3 nitrogen and oxygen atoms in total. The Morgan fingerprint density at radius 3 is 2.91 bits per heavy atom. The summed E-state index contributed by atoms with van der Waals surface area (Å²) in [5.41, 5.74) is 1.06. The van der Waals surface area contributed by atoms with Crippen molar-refractivity contribution < 1.29 is 0 Å². The molecule has 1 rings (SSSR count). The molecule has 0 atom stereocenters. The molecule has 0 N–H and O–H groups in total. The van der Waals surface area contributed by atoms with Crippen LogP contribution in [0.1, 0.15) is 13.8 Å².